The van der Waals surface area contributed by atoms with E-state index in [1.807, 2.05) is 0 Å². The summed E-state index contributed by atoms with van der Waals surface area (Å²) in [5.41, 5.74) is 1.12. The Hall–Kier alpha value is -2.80. The van der Waals surface area contributed by atoms with E-state index in [9.17, 15) is 13.2 Å². The fraction of sp³-hybridized carbons (Fsp3) is 0.211. The quantitative estimate of drug-likeness (QED) is 0.635. The number of amides is 1. The highest BCUT2D eigenvalue weighted by Crippen LogP contribution is 2.16. The standard InChI is InChI=1S/C19H19NO5S/c1-26(22,23)14-15-6-8-16(9-7-15)19(21)20(12-17-4-2-10-24-17)13-18-5-3-11-25-18/h2-11H,12-14H2,1H3. The van der Waals surface area contributed by atoms with E-state index in [1.165, 1.54) is 6.26 Å². The van der Waals surface area contributed by atoms with Crippen LogP contribution in [0.15, 0.2) is 69.9 Å². The summed E-state index contributed by atoms with van der Waals surface area (Å²) in [6, 6.07) is 13.7. The van der Waals surface area contributed by atoms with Crippen molar-refractivity contribution in [3.8, 4) is 0 Å². The van der Waals surface area contributed by atoms with Gasteiger partial charge in [0.2, 0.25) is 0 Å². The fourth-order valence-corrected chi connectivity index (χ4v) is 3.41. The van der Waals surface area contributed by atoms with Gasteiger partial charge in [0.05, 0.1) is 31.4 Å². The first kappa shape index (κ1) is 18.0. The molecule has 0 aliphatic rings. The number of rotatable bonds is 7. The van der Waals surface area contributed by atoms with Crippen molar-refractivity contribution in [3.63, 3.8) is 0 Å². The first-order chi connectivity index (χ1) is 12.4. The molecule has 0 spiro atoms. The number of sulfone groups is 1. The molecule has 0 saturated carbocycles. The van der Waals surface area contributed by atoms with Crippen LogP contribution in [0.25, 0.3) is 0 Å². The SMILES string of the molecule is CS(=O)(=O)Cc1ccc(C(=O)N(Cc2ccco2)Cc2ccco2)cc1. The highest BCUT2D eigenvalue weighted by atomic mass is 32.2. The van der Waals surface area contributed by atoms with Gasteiger partial charge in [-0.25, -0.2) is 8.42 Å². The number of furan rings is 2. The van der Waals surface area contributed by atoms with Gasteiger partial charge < -0.3 is 13.7 Å². The molecule has 0 atom stereocenters. The molecule has 2 heterocycles. The summed E-state index contributed by atoms with van der Waals surface area (Å²) < 4.78 is 33.5. The lowest BCUT2D eigenvalue weighted by atomic mass is 10.1. The van der Waals surface area contributed by atoms with Crippen molar-refractivity contribution in [3.05, 3.63) is 83.7 Å². The Labute approximate surface area is 152 Å². The third kappa shape index (κ3) is 4.86. The van der Waals surface area contributed by atoms with Crippen LogP contribution in [0.2, 0.25) is 0 Å². The van der Waals surface area contributed by atoms with E-state index >= 15 is 0 Å². The maximum atomic E-state index is 12.9. The first-order valence-corrected chi connectivity index (χ1v) is 10.1. The molecule has 0 bridgehead atoms. The minimum absolute atomic E-state index is 0.0516. The third-order valence-electron chi connectivity index (χ3n) is 3.77. The van der Waals surface area contributed by atoms with E-state index < -0.39 is 9.84 Å². The number of hydrogen-bond acceptors (Lipinski definition) is 5. The Bertz CT molecular complexity index is 906. The van der Waals surface area contributed by atoms with E-state index in [0.717, 1.165) is 0 Å². The zero-order valence-corrected chi connectivity index (χ0v) is 15.1. The van der Waals surface area contributed by atoms with E-state index in [1.54, 1.807) is 66.0 Å². The van der Waals surface area contributed by atoms with Crippen LogP contribution in [-0.2, 0) is 28.7 Å². The monoisotopic (exact) mass is 373 g/mol. The fourth-order valence-electron chi connectivity index (χ4n) is 2.61. The van der Waals surface area contributed by atoms with Crippen molar-refractivity contribution in [1.29, 1.82) is 0 Å². The lowest BCUT2D eigenvalue weighted by molar-refractivity contribution is 0.0705. The summed E-state index contributed by atoms with van der Waals surface area (Å²) >= 11 is 0. The minimum atomic E-state index is -3.12. The average Bonchev–Trinajstić information content (AvgIpc) is 3.27. The van der Waals surface area contributed by atoms with Crippen LogP contribution in [0.4, 0.5) is 0 Å². The molecule has 0 fully saturated rings. The van der Waals surface area contributed by atoms with Crippen LogP contribution >= 0.6 is 0 Å². The number of carbonyl (C=O) groups is 1. The van der Waals surface area contributed by atoms with E-state index in [0.29, 0.717) is 35.7 Å². The predicted molar refractivity (Wildman–Crippen MR) is 96.0 cm³/mol. The zero-order valence-electron chi connectivity index (χ0n) is 14.3. The largest absolute Gasteiger partial charge is 0.467 e. The van der Waals surface area contributed by atoms with Crippen molar-refractivity contribution in [2.24, 2.45) is 0 Å². The molecule has 0 unspecified atom stereocenters. The maximum Gasteiger partial charge on any atom is 0.254 e. The molecule has 3 aromatic rings. The molecule has 0 aliphatic heterocycles. The average molecular weight is 373 g/mol. The Kier molecular flexibility index (Phi) is 5.27. The number of benzene rings is 1. The van der Waals surface area contributed by atoms with Gasteiger partial charge in [0.1, 0.15) is 11.5 Å². The maximum absolute atomic E-state index is 12.9. The molecule has 26 heavy (non-hydrogen) atoms. The molecule has 7 heteroatoms. The van der Waals surface area contributed by atoms with Crippen LogP contribution in [0.3, 0.4) is 0 Å². The molecule has 2 aromatic heterocycles. The van der Waals surface area contributed by atoms with Gasteiger partial charge in [-0.05, 0) is 42.0 Å². The minimum Gasteiger partial charge on any atom is -0.467 e. The molecule has 136 valence electrons. The van der Waals surface area contributed by atoms with Gasteiger partial charge in [0.15, 0.2) is 9.84 Å². The third-order valence-corrected chi connectivity index (χ3v) is 4.63. The Morgan fingerprint density at radius 2 is 1.46 bits per heavy atom. The highest BCUT2D eigenvalue weighted by molar-refractivity contribution is 7.89. The normalized spacial score (nSPS) is 11.4. The summed E-state index contributed by atoms with van der Waals surface area (Å²) in [6.45, 7) is 0.606. The first-order valence-electron chi connectivity index (χ1n) is 8.01. The lowest BCUT2D eigenvalue weighted by Gasteiger charge is -2.21. The summed E-state index contributed by atoms with van der Waals surface area (Å²) in [5.74, 6) is 1.09. The number of carbonyl (C=O) groups excluding carboxylic acids is 1. The molecule has 1 aromatic carbocycles. The van der Waals surface area contributed by atoms with Crippen LogP contribution in [0, 0.1) is 0 Å². The van der Waals surface area contributed by atoms with Gasteiger partial charge in [-0.1, -0.05) is 12.1 Å². The summed E-state index contributed by atoms with van der Waals surface area (Å²) in [5, 5.41) is 0. The zero-order chi connectivity index (χ0) is 18.6. The smallest absolute Gasteiger partial charge is 0.254 e. The number of nitrogens with zero attached hydrogens (tertiary/aromatic N) is 1. The van der Waals surface area contributed by atoms with Gasteiger partial charge >= 0.3 is 0 Å². The van der Waals surface area contributed by atoms with Crippen molar-refractivity contribution >= 4 is 15.7 Å². The topological polar surface area (TPSA) is 80.7 Å². The molecule has 0 N–H and O–H groups in total. The van der Waals surface area contributed by atoms with E-state index in [-0.39, 0.29) is 11.7 Å². The summed E-state index contributed by atoms with van der Waals surface area (Å²) in [4.78, 5) is 14.5. The second-order valence-corrected chi connectivity index (χ2v) is 8.23. The molecule has 0 radical (unpaired) electrons. The summed E-state index contributed by atoms with van der Waals surface area (Å²) in [7, 11) is -3.12. The van der Waals surface area contributed by atoms with Crippen molar-refractivity contribution < 1.29 is 22.0 Å². The highest BCUT2D eigenvalue weighted by Gasteiger charge is 2.19. The van der Waals surface area contributed by atoms with Crippen LogP contribution in [0.5, 0.6) is 0 Å². The molecule has 6 nitrogen and oxygen atoms in total. The van der Waals surface area contributed by atoms with Crippen LogP contribution in [-0.4, -0.2) is 25.5 Å². The molecule has 1 amide bonds. The van der Waals surface area contributed by atoms with Crippen molar-refractivity contribution in [2.45, 2.75) is 18.8 Å². The molecule has 0 aliphatic carbocycles. The van der Waals surface area contributed by atoms with E-state index in [4.69, 9.17) is 8.83 Å². The van der Waals surface area contributed by atoms with Crippen LogP contribution < -0.4 is 0 Å². The second-order valence-electron chi connectivity index (χ2n) is 6.09. The molecular formula is C19H19NO5S. The van der Waals surface area contributed by atoms with Crippen LogP contribution in [0.1, 0.15) is 27.4 Å². The van der Waals surface area contributed by atoms with Crippen molar-refractivity contribution in [1.82, 2.24) is 4.90 Å². The van der Waals surface area contributed by atoms with Gasteiger partial charge in [0, 0.05) is 11.8 Å². The van der Waals surface area contributed by atoms with E-state index in [2.05, 4.69) is 0 Å². The predicted octanol–water partition coefficient (Wildman–Crippen LogP) is 3.26. The lowest BCUT2D eigenvalue weighted by Crippen LogP contribution is -2.29. The van der Waals surface area contributed by atoms with Crippen molar-refractivity contribution in [2.75, 3.05) is 6.26 Å². The molecule has 3 rings (SSSR count). The Morgan fingerprint density at radius 3 is 1.88 bits per heavy atom. The molecular weight excluding hydrogens is 354 g/mol. The Morgan fingerprint density at radius 1 is 0.923 bits per heavy atom. The van der Waals surface area contributed by atoms with Gasteiger partial charge in [-0.3, -0.25) is 4.79 Å². The summed E-state index contributed by atoms with van der Waals surface area (Å²) in [6.07, 6.45) is 4.30. The number of hydrogen-bond donors (Lipinski definition) is 0. The molecule has 0 saturated heterocycles. The second kappa shape index (κ2) is 7.61. The Balaban J connectivity index is 1.79. The van der Waals surface area contributed by atoms with Gasteiger partial charge in [-0.15, -0.1) is 0 Å². The van der Waals surface area contributed by atoms with Gasteiger partial charge in [-0.2, -0.15) is 0 Å². The van der Waals surface area contributed by atoms with Gasteiger partial charge in [0.25, 0.3) is 5.91 Å².